The van der Waals surface area contributed by atoms with Gasteiger partial charge in [-0.25, -0.2) is 0 Å². The topological polar surface area (TPSA) is 16.1 Å². The Bertz CT molecular complexity index is 322. The summed E-state index contributed by atoms with van der Waals surface area (Å²) in [6.45, 7) is 3.42. The Morgan fingerprint density at radius 2 is 2.40 bits per heavy atom. The number of rotatable bonds is 3. The zero-order valence-electron chi connectivity index (χ0n) is 9.74. The summed E-state index contributed by atoms with van der Waals surface area (Å²) in [5, 5.41) is 0. The van der Waals surface area contributed by atoms with Crippen molar-refractivity contribution in [2.24, 2.45) is 0 Å². The van der Waals surface area contributed by atoms with Crippen molar-refractivity contribution in [1.82, 2.24) is 9.88 Å². The summed E-state index contributed by atoms with van der Waals surface area (Å²) in [4.78, 5) is 6.74. The molecule has 2 heteroatoms. The average Bonchev–Trinajstić information content (AvgIpc) is 2.28. The molecular formula is C13H20N2. The third-order valence-corrected chi connectivity index (χ3v) is 3.34. The second-order valence-corrected chi connectivity index (χ2v) is 4.46. The largest absolute Gasteiger partial charge is 0.299 e. The fourth-order valence-corrected chi connectivity index (χ4v) is 2.57. The highest BCUT2D eigenvalue weighted by atomic mass is 15.1. The highest BCUT2D eigenvalue weighted by Crippen LogP contribution is 2.32. The van der Waals surface area contributed by atoms with E-state index in [9.17, 15) is 0 Å². The Kier molecular flexibility index (Phi) is 3.37. The smallest absolute Gasteiger partial charge is 0.0363 e. The van der Waals surface area contributed by atoms with E-state index in [0.717, 1.165) is 0 Å². The molecule has 0 saturated carbocycles. The van der Waals surface area contributed by atoms with Crippen molar-refractivity contribution in [3.63, 3.8) is 0 Å². The summed E-state index contributed by atoms with van der Waals surface area (Å²) in [7, 11) is 2.23. The molecule has 1 aromatic rings. The van der Waals surface area contributed by atoms with Crippen molar-refractivity contribution in [3.05, 3.63) is 29.6 Å². The van der Waals surface area contributed by atoms with Gasteiger partial charge in [0.15, 0.2) is 0 Å². The molecular weight excluding hydrogens is 184 g/mol. The quantitative estimate of drug-likeness (QED) is 0.752. The summed E-state index contributed by atoms with van der Waals surface area (Å²) in [6, 6.07) is 2.78. The Morgan fingerprint density at radius 1 is 1.53 bits per heavy atom. The minimum atomic E-state index is 0.599. The first-order valence-electron chi connectivity index (χ1n) is 5.96. The van der Waals surface area contributed by atoms with Gasteiger partial charge in [-0.1, -0.05) is 6.92 Å². The molecule has 0 N–H and O–H groups in total. The Hall–Kier alpha value is -0.890. The Labute approximate surface area is 92.3 Å². The maximum Gasteiger partial charge on any atom is 0.0363 e. The SMILES string of the molecule is CCCN(C)C1CCCc2ccncc21. The van der Waals surface area contributed by atoms with Crippen LogP contribution in [0.4, 0.5) is 0 Å². The molecule has 1 aromatic heterocycles. The second kappa shape index (κ2) is 4.75. The van der Waals surface area contributed by atoms with E-state index in [2.05, 4.69) is 36.1 Å². The van der Waals surface area contributed by atoms with Gasteiger partial charge in [-0.3, -0.25) is 9.88 Å². The molecule has 1 heterocycles. The van der Waals surface area contributed by atoms with Crippen molar-refractivity contribution in [2.45, 2.75) is 38.6 Å². The normalized spacial score (nSPS) is 20.3. The van der Waals surface area contributed by atoms with Crippen LogP contribution in [0.15, 0.2) is 18.5 Å². The summed E-state index contributed by atoms with van der Waals surface area (Å²) in [5.74, 6) is 0. The lowest BCUT2D eigenvalue weighted by atomic mass is 9.88. The lowest BCUT2D eigenvalue weighted by Crippen LogP contribution is -2.28. The first kappa shape index (κ1) is 10.6. The van der Waals surface area contributed by atoms with Gasteiger partial charge in [0.25, 0.3) is 0 Å². The minimum Gasteiger partial charge on any atom is -0.299 e. The van der Waals surface area contributed by atoms with Gasteiger partial charge in [-0.2, -0.15) is 0 Å². The van der Waals surface area contributed by atoms with Crippen LogP contribution in [-0.4, -0.2) is 23.5 Å². The van der Waals surface area contributed by atoms with Gasteiger partial charge in [0.1, 0.15) is 0 Å². The lowest BCUT2D eigenvalue weighted by molar-refractivity contribution is 0.221. The van der Waals surface area contributed by atoms with Gasteiger partial charge < -0.3 is 0 Å². The Morgan fingerprint density at radius 3 is 3.20 bits per heavy atom. The molecule has 0 spiro atoms. The van der Waals surface area contributed by atoms with E-state index in [1.807, 2.05) is 6.20 Å². The number of aromatic nitrogens is 1. The monoisotopic (exact) mass is 204 g/mol. The van der Waals surface area contributed by atoms with Crippen LogP contribution in [-0.2, 0) is 6.42 Å². The van der Waals surface area contributed by atoms with Crippen molar-refractivity contribution in [2.75, 3.05) is 13.6 Å². The molecule has 0 bridgehead atoms. The maximum absolute atomic E-state index is 4.26. The molecule has 1 unspecified atom stereocenters. The summed E-state index contributed by atoms with van der Waals surface area (Å²) >= 11 is 0. The minimum absolute atomic E-state index is 0.599. The van der Waals surface area contributed by atoms with Crippen molar-refractivity contribution < 1.29 is 0 Å². The average molecular weight is 204 g/mol. The van der Waals surface area contributed by atoms with Gasteiger partial charge >= 0.3 is 0 Å². The molecule has 0 fully saturated rings. The zero-order valence-corrected chi connectivity index (χ0v) is 9.74. The maximum atomic E-state index is 4.26. The van der Waals surface area contributed by atoms with Crippen LogP contribution in [0.25, 0.3) is 0 Å². The lowest BCUT2D eigenvalue weighted by Gasteiger charge is -2.32. The molecule has 0 aliphatic heterocycles. The van der Waals surface area contributed by atoms with E-state index in [1.54, 1.807) is 0 Å². The predicted octanol–water partition coefficient (Wildman–Crippen LogP) is 2.80. The zero-order chi connectivity index (χ0) is 10.7. The van der Waals surface area contributed by atoms with E-state index in [-0.39, 0.29) is 0 Å². The van der Waals surface area contributed by atoms with Crippen LogP contribution in [0.2, 0.25) is 0 Å². The van der Waals surface area contributed by atoms with Crippen LogP contribution in [0.1, 0.15) is 43.4 Å². The number of hydrogen-bond acceptors (Lipinski definition) is 2. The van der Waals surface area contributed by atoms with Crippen molar-refractivity contribution >= 4 is 0 Å². The highest BCUT2D eigenvalue weighted by Gasteiger charge is 2.22. The van der Waals surface area contributed by atoms with E-state index >= 15 is 0 Å². The molecule has 1 atom stereocenters. The number of hydrogen-bond donors (Lipinski definition) is 0. The van der Waals surface area contributed by atoms with Gasteiger partial charge in [0.05, 0.1) is 0 Å². The molecule has 0 radical (unpaired) electrons. The molecule has 2 rings (SSSR count). The number of pyridine rings is 1. The van der Waals surface area contributed by atoms with Crippen LogP contribution in [0, 0.1) is 0 Å². The first-order chi connectivity index (χ1) is 7.33. The first-order valence-corrected chi connectivity index (χ1v) is 5.96. The standard InChI is InChI=1S/C13H20N2/c1-3-9-15(2)13-6-4-5-11-7-8-14-10-12(11)13/h7-8,10,13H,3-6,9H2,1-2H3. The van der Waals surface area contributed by atoms with Gasteiger partial charge in [0, 0.05) is 18.4 Å². The molecule has 1 aliphatic rings. The molecule has 0 saturated heterocycles. The number of aryl methyl sites for hydroxylation is 1. The summed E-state index contributed by atoms with van der Waals surface area (Å²) in [5.41, 5.74) is 2.96. The van der Waals surface area contributed by atoms with Gasteiger partial charge in [-0.05, 0) is 56.5 Å². The van der Waals surface area contributed by atoms with Gasteiger partial charge in [0.2, 0.25) is 0 Å². The molecule has 2 nitrogen and oxygen atoms in total. The molecule has 15 heavy (non-hydrogen) atoms. The third-order valence-electron chi connectivity index (χ3n) is 3.34. The van der Waals surface area contributed by atoms with E-state index in [0.29, 0.717) is 6.04 Å². The molecule has 0 aromatic carbocycles. The summed E-state index contributed by atoms with van der Waals surface area (Å²) < 4.78 is 0. The predicted molar refractivity (Wildman–Crippen MR) is 62.8 cm³/mol. The molecule has 0 amide bonds. The number of fused-ring (bicyclic) bond motifs is 1. The van der Waals surface area contributed by atoms with Crippen LogP contribution >= 0.6 is 0 Å². The van der Waals surface area contributed by atoms with E-state index in [1.165, 1.54) is 43.4 Å². The molecule has 82 valence electrons. The highest BCUT2D eigenvalue weighted by molar-refractivity contribution is 5.28. The van der Waals surface area contributed by atoms with E-state index < -0.39 is 0 Å². The van der Waals surface area contributed by atoms with Crippen LogP contribution in [0.3, 0.4) is 0 Å². The van der Waals surface area contributed by atoms with Crippen LogP contribution in [0.5, 0.6) is 0 Å². The molecule has 1 aliphatic carbocycles. The van der Waals surface area contributed by atoms with Crippen LogP contribution < -0.4 is 0 Å². The second-order valence-electron chi connectivity index (χ2n) is 4.46. The fourth-order valence-electron chi connectivity index (χ4n) is 2.57. The fraction of sp³-hybridized carbons (Fsp3) is 0.615. The third kappa shape index (κ3) is 2.20. The van der Waals surface area contributed by atoms with Crippen molar-refractivity contribution in [1.29, 1.82) is 0 Å². The summed E-state index contributed by atoms with van der Waals surface area (Å²) in [6.07, 6.45) is 9.04. The number of nitrogens with zero attached hydrogens (tertiary/aromatic N) is 2. The Balaban J connectivity index is 2.21. The van der Waals surface area contributed by atoms with E-state index in [4.69, 9.17) is 0 Å². The van der Waals surface area contributed by atoms with Crippen molar-refractivity contribution in [3.8, 4) is 0 Å². The van der Waals surface area contributed by atoms with Gasteiger partial charge in [-0.15, -0.1) is 0 Å².